The Balaban J connectivity index is 2.40. The van der Waals surface area contributed by atoms with Gasteiger partial charge in [0.25, 0.3) is 11.6 Å². The molecule has 2 aromatic rings. The summed E-state index contributed by atoms with van der Waals surface area (Å²) in [6, 6.07) is 8.18. The van der Waals surface area contributed by atoms with Gasteiger partial charge in [-0.25, -0.2) is 4.39 Å². The third kappa shape index (κ3) is 5.16. The van der Waals surface area contributed by atoms with Gasteiger partial charge in [-0.05, 0) is 12.1 Å². The molecule has 27 heavy (non-hydrogen) atoms. The Morgan fingerprint density at radius 2 is 1.89 bits per heavy atom. The molecular weight excluding hydrogens is 372 g/mol. The summed E-state index contributed by atoms with van der Waals surface area (Å²) < 4.78 is 57.7. The monoisotopic (exact) mass is 386 g/mol. The van der Waals surface area contributed by atoms with E-state index in [0.717, 1.165) is 18.2 Å². The highest BCUT2D eigenvalue weighted by Crippen LogP contribution is 2.25. The summed E-state index contributed by atoms with van der Waals surface area (Å²) in [6.45, 7) is -2.40. The fourth-order valence-corrected chi connectivity index (χ4v) is 2.41. The average Bonchev–Trinajstić information content (AvgIpc) is 2.59. The first-order chi connectivity index (χ1) is 12.6. The molecule has 0 saturated carbocycles. The van der Waals surface area contributed by atoms with Crippen LogP contribution in [0.15, 0.2) is 42.5 Å². The van der Waals surface area contributed by atoms with E-state index >= 15 is 0 Å². The summed E-state index contributed by atoms with van der Waals surface area (Å²) >= 11 is 0. The summed E-state index contributed by atoms with van der Waals surface area (Å²) in [7, 11) is 1.26. The second-order valence-electron chi connectivity index (χ2n) is 5.51. The van der Waals surface area contributed by atoms with Crippen molar-refractivity contribution in [1.29, 1.82) is 0 Å². The number of carbonyl (C=O) groups excluding carboxylic acids is 1. The van der Waals surface area contributed by atoms with Crippen LogP contribution in [-0.4, -0.2) is 35.6 Å². The summed E-state index contributed by atoms with van der Waals surface area (Å²) in [5, 5.41) is 11.1. The lowest BCUT2D eigenvalue weighted by Gasteiger charge is -2.24. The number of hydrogen-bond acceptors (Lipinski definition) is 4. The van der Waals surface area contributed by atoms with Gasteiger partial charge in [-0.15, -0.1) is 0 Å². The van der Waals surface area contributed by atoms with Crippen molar-refractivity contribution in [1.82, 2.24) is 4.90 Å². The average molecular weight is 386 g/mol. The van der Waals surface area contributed by atoms with E-state index in [1.807, 2.05) is 0 Å². The smallest absolute Gasteiger partial charge is 0.406 e. The highest BCUT2D eigenvalue weighted by Gasteiger charge is 2.35. The van der Waals surface area contributed by atoms with Gasteiger partial charge < -0.3 is 9.64 Å². The first-order valence-electron chi connectivity index (χ1n) is 7.54. The van der Waals surface area contributed by atoms with Crippen molar-refractivity contribution in [3.05, 3.63) is 69.5 Å². The number of halogens is 4. The number of alkyl halides is 3. The van der Waals surface area contributed by atoms with Gasteiger partial charge in [0.05, 0.1) is 24.1 Å². The summed E-state index contributed by atoms with van der Waals surface area (Å²) in [5.74, 6) is -2.22. The van der Waals surface area contributed by atoms with Crippen LogP contribution in [0.1, 0.15) is 15.9 Å². The maximum Gasteiger partial charge on any atom is 0.406 e. The number of ether oxygens (including phenoxy) is 1. The quantitative estimate of drug-likeness (QED) is 0.428. The molecule has 0 saturated heterocycles. The Kier molecular flexibility index (Phi) is 5.98. The molecule has 2 aromatic carbocycles. The third-order valence-electron chi connectivity index (χ3n) is 3.61. The van der Waals surface area contributed by atoms with E-state index in [1.54, 1.807) is 0 Å². The van der Waals surface area contributed by atoms with Crippen LogP contribution in [0.25, 0.3) is 0 Å². The molecular formula is C17H14F4N2O4. The first kappa shape index (κ1) is 20.1. The number of nitrogens with zero attached hydrogens (tertiary/aromatic N) is 2. The maximum atomic E-state index is 14.1. The second-order valence-corrected chi connectivity index (χ2v) is 5.51. The van der Waals surface area contributed by atoms with E-state index in [-0.39, 0.29) is 11.3 Å². The molecule has 0 aliphatic heterocycles. The molecule has 0 radical (unpaired) electrons. The highest BCUT2D eigenvalue weighted by atomic mass is 19.4. The van der Waals surface area contributed by atoms with Crippen LogP contribution in [0.2, 0.25) is 0 Å². The van der Waals surface area contributed by atoms with Gasteiger partial charge in [0, 0.05) is 17.7 Å². The Labute approximate surface area is 151 Å². The topological polar surface area (TPSA) is 72.7 Å². The SMILES string of the molecule is COc1ccc(C(=O)N(Cc2ccccc2[N+](=O)[O-])CC(F)(F)F)c(F)c1. The van der Waals surface area contributed by atoms with Crippen molar-refractivity contribution >= 4 is 11.6 Å². The molecule has 0 bridgehead atoms. The molecule has 0 heterocycles. The van der Waals surface area contributed by atoms with Crippen molar-refractivity contribution in [3.8, 4) is 5.75 Å². The van der Waals surface area contributed by atoms with E-state index in [1.165, 1.54) is 31.4 Å². The molecule has 0 N–H and O–H groups in total. The summed E-state index contributed by atoms with van der Waals surface area (Å²) in [5.41, 5.74) is -1.14. The second kappa shape index (κ2) is 8.02. The van der Waals surface area contributed by atoms with Crippen molar-refractivity contribution in [2.75, 3.05) is 13.7 Å². The van der Waals surface area contributed by atoms with Crippen LogP contribution >= 0.6 is 0 Å². The van der Waals surface area contributed by atoms with E-state index in [4.69, 9.17) is 4.74 Å². The van der Waals surface area contributed by atoms with Gasteiger partial charge in [0.15, 0.2) is 0 Å². The minimum Gasteiger partial charge on any atom is -0.497 e. The molecule has 6 nitrogen and oxygen atoms in total. The lowest BCUT2D eigenvalue weighted by molar-refractivity contribution is -0.385. The van der Waals surface area contributed by atoms with Crippen molar-refractivity contribution in [2.45, 2.75) is 12.7 Å². The van der Waals surface area contributed by atoms with Gasteiger partial charge in [0.1, 0.15) is 18.1 Å². The molecule has 2 rings (SSSR count). The van der Waals surface area contributed by atoms with Crippen LogP contribution in [0, 0.1) is 15.9 Å². The zero-order valence-electron chi connectivity index (χ0n) is 14.0. The first-order valence-corrected chi connectivity index (χ1v) is 7.54. The lowest BCUT2D eigenvalue weighted by atomic mass is 10.1. The normalized spacial score (nSPS) is 11.1. The number of benzene rings is 2. The molecule has 0 spiro atoms. The van der Waals surface area contributed by atoms with Crippen LogP contribution in [0.4, 0.5) is 23.2 Å². The zero-order chi connectivity index (χ0) is 20.2. The van der Waals surface area contributed by atoms with E-state index in [2.05, 4.69) is 0 Å². The molecule has 0 aliphatic carbocycles. The Morgan fingerprint density at radius 1 is 1.22 bits per heavy atom. The molecule has 0 aliphatic rings. The van der Waals surface area contributed by atoms with Crippen molar-refractivity contribution in [2.24, 2.45) is 0 Å². The summed E-state index contributed by atoms with van der Waals surface area (Å²) in [4.78, 5) is 23.1. The predicted octanol–water partition coefficient (Wildman–Crippen LogP) is 3.95. The van der Waals surface area contributed by atoms with Gasteiger partial charge in [-0.2, -0.15) is 13.2 Å². The number of rotatable bonds is 6. The number of methoxy groups -OCH3 is 1. The number of amides is 1. The third-order valence-corrected chi connectivity index (χ3v) is 3.61. The number of carbonyl (C=O) groups is 1. The molecule has 0 unspecified atom stereocenters. The molecule has 1 amide bonds. The molecule has 10 heteroatoms. The Bertz CT molecular complexity index is 855. The minimum atomic E-state index is -4.78. The minimum absolute atomic E-state index is 0.0881. The Morgan fingerprint density at radius 3 is 2.44 bits per heavy atom. The van der Waals surface area contributed by atoms with Crippen molar-refractivity contribution in [3.63, 3.8) is 0 Å². The van der Waals surface area contributed by atoms with Gasteiger partial charge in [0.2, 0.25) is 0 Å². The Hall–Kier alpha value is -3.17. The van der Waals surface area contributed by atoms with Crippen LogP contribution in [0.5, 0.6) is 5.75 Å². The number of nitro benzene ring substituents is 1. The zero-order valence-corrected chi connectivity index (χ0v) is 14.0. The lowest BCUT2D eigenvalue weighted by Crippen LogP contribution is -2.39. The van der Waals surface area contributed by atoms with Gasteiger partial charge in [-0.3, -0.25) is 14.9 Å². The molecule has 0 fully saturated rings. The van der Waals surface area contributed by atoms with Crippen LogP contribution < -0.4 is 4.74 Å². The predicted molar refractivity (Wildman–Crippen MR) is 86.8 cm³/mol. The standard InChI is InChI=1S/C17H14F4N2O4/c1-27-12-6-7-13(14(18)8-12)16(24)22(10-17(19,20)21)9-11-4-2-3-5-15(11)23(25)26/h2-8H,9-10H2,1H3. The molecule has 144 valence electrons. The van der Waals surface area contributed by atoms with Crippen LogP contribution in [0.3, 0.4) is 0 Å². The molecule has 0 aromatic heterocycles. The fraction of sp³-hybridized carbons (Fsp3) is 0.235. The van der Waals surface area contributed by atoms with Gasteiger partial charge in [-0.1, -0.05) is 18.2 Å². The molecule has 0 atom stereocenters. The largest absolute Gasteiger partial charge is 0.497 e. The van der Waals surface area contributed by atoms with E-state index < -0.39 is 47.2 Å². The summed E-state index contributed by atoms with van der Waals surface area (Å²) in [6.07, 6.45) is -4.78. The fourth-order valence-electron chi connectivity index (χ4n) is 2.41. The highest BCUT2D eigenvalue weighted by molar-refractivity contribution is 5.94. The number of para-hydroxylation sites is 1. The number of nitro groups is 1. The van der Waals surface area contributed by atoms with Gasteiger partial charge >= 0.3 is 6.18 Å². The van der Waals surface area contributed by atoms with Crippen molar-refractivity contribution < 1.29 is 32.0 Å². The van der Waals surface area contributed by atoms with Crippen LogP contribution in [-0.2, 0) is 6.54 Å². The van der Waals surface area contributed by atoms with E-state index in [9.17, 15) is 32.5 Å². The maximum absolute atomic E-state index is 14.1. The van der Waals surface area contributed by atoms with E-state index in [0.29, 0.717) is 4.90 Å². The number of hydrogen-bond donors (Lipinski definition) is 0.